The number of nitrogens with two attached hydrogens (primary N) is 1. The van der Waals surface area contributed by atoms with Crippen LogP contribution in [0.25, 0.3) is 11.0 Å². The first kappa shape index (κ1) is 27.9. The molecule has 3 rings (SSSR count). The highest BCUT2D eigenvalue weighted by atomic mass is 16.6. The molecule has 0 aliphatic carbocycles. The van der Waals surface area contributed by atoms with Crippen LogP contribution in [0.4, 0.5) is 16.2 Å². The highest BCUT2D eigenvalue weighted by Crippen LogP contribution is 2.33. The van der Waals surface area contributed by atoms with E-state index in [0.29, 0.717) is 43.1 Å². The van der Waals surface area contributed by atoms with E-state index in [2.05, 4.69) is 10.3 Å². The van der Waals surface area contributed by atoms with Crippen LogP contribution in [0.5, 0.6) is 11.5 Å². The van der Waals surface area contributed by atoms with E-state index in [9.17, 15) is 9.90 Å². The number of amides is 1. The van der Waals surface area contributed by atoms with E-state index in [1.165, 1.54) is 0 Å². The molecule has 37 heavy (non-hydrogen) atoms. The normalized spacial score (nSPS) is 12.2. The van der Waals surface area contributed by atoms with E-state index in [4.69, 9.17) is 24.9 Å². The minimum absolute atomic E-state index is 0.0524. The predicted molar refractivity (Wildman–Crippen MR) is 144 cm³/mol. The van der Waals surface area contributed by atoms with E-state index in [1.807, 2.05) is 56.0 Å². The van der Waals surface area contributed by atoms with Crippen molar-refractivity contribution in [2.45, 2.75) is 38.7 Å². The lowest BCUT2D eigenvalue weighted by Crippen LogP contribution is -2.34. The van der Waals surface area contributed by atoms with Gasteiger partial charge in [-0.2, -0.15) is 0 Å². The molecule has 3 aromatic rings. The molecule has 4 N–H and O–H groups in total. The number of nitrogens with one attached hydrogen (secondary N) is 1. The van der Waals surface area contributed by atoms with Crippen molar-refractivity contribution in [3.63, 3.8) is 0 Å². The summed E-state index contributed by atoms with van der Waals surface area (Å²) in [5.41, 5.74) is 9.31. The minimum atomic E-state index is -0.557. The summed E-state index contributed by atoms with van der Waals surface area (Å²) >= 11 is 0. The highest BCUT2D eigenvalue weighted by molar-refractivity contribution is 5.81. The van der Waals surface area contributed by atoms with Gasteiger partial charge in [-0.25, -0.2) is 9.78 Å². The van der Waals surface area contributed by atoms with Gasteiger partial charge in [0.25, 0.3) is 0 Å². The first-order chi connectivity index (χ1) is 17.7. The molecule has 1 unspecified atom stereocenters. The number of methoxy groups -OCH3 is 2. The molecule has 1 amide bonds. The van der Waals surface area contributed by atoms with Crippen LogP contribution in [0.15, 0.2) is 42.6 Å². The van der Waals surface area contributed by atoms with Crippen LogP contribution < -0.4 is 25.4 Å². The van der Waals surface area contributed by atoms with Gasteiger partial charge in [0.15, 0.2) is 0 Å². The van der Waals surface area contributed by atoms with Gasteiger partial charge in [0.2, 0.25) is 0 Å². The fourth-order valence-corrected chi connectivity index (χ4v) is 3.88. The van der Waals surface area contributed by atoms with Crippen molar-refractivity contribution in [3.05, 3.63) is 48.3 Å². The Hall–Kier alpha value is -3.63. The van der Waals surface area contributed by atoms with Crippen molar-refractivity contribution in [1.29, 1.82) is 0 Å². The van der Waals surface area contributed by atoms with Crippen LogP contribution in [0.2, 0.25) is 0 Å². The second-order valence-electron chi connectivity index (χ2n) is 9.56. The Balaban J connectivity index is 1.85. The molecule has 0 aliphatic rings. The Morgan fingerprint density at radius 1 is 1.08 bits per heavy atom. The van der Waals surface area contributed by atoms with Crippen molar-refractivity contribution < 1.29 is 24.1 Å². The summed E-state index contributed by atoms with van der Waals surface area (Å²) in [6, 6.07) is 11.3. The number of carbonyl (C=O) groups is 1. The number of fused-ring (bicyclic) bond motifs is 1. The zero-order valence-corrected chi connectivity index (χ0v) is 22.2. The van der Waals surface area contributed by atoms with E-state index in [0.717, 1.165) is 22.6 Å². The van der Waals surface area contributed by atoms with E-state index in [-0.39, 0.29) is 12.5 Å². The summed E-state index contributed by atoms with van der Waals surface area (Å²) in [6.07, 6.45) is 1.86. The summed E-state index contributed by atoms with van der Waals surface area (Å²) in [5, 5.41) is 12.5. The van der Waals surface area contributed by atoms with Gasteiger partial charge < -0.3 is 35.3 Å². The molecule has 1 heterocycles. The molecule has 0 aliphatic heterocycles. The number of benzene rings is 2. The highest BCUT2D eigenvalue weighted by Gasteiger charge is 2.18. The van der Waals surface area contributed by atoms with Gasteiger partial charge >= 0.3 is 6.09 Å². The Morgan fingerprint density at radius 2 is 1.78 bits per heavy atom. The third-order valence-corrected chi connectivity index (χ3v) is 5.69. The van der Waals surface area contributed by atoms with Crippen molar-refractivity contribution in [1.82, 2.24) is 15.3 Å². The van der Waals surface area contributed by atoms with Crippen LogP contribution in [0.1, 0.15) is 38.8 Å². The molecule has 10 heteroatoms. The van der Waals surface area contributed by atoms with Crippen molar-refractivity contribution in [2.75, 3.05) is 45.4 Å². The number of ether oxygens (including phenoxy) is 3. The van der Waals surface area contributed by atoms with Gasteiger partial charge in [0.1, 0.15) is 17.1 Å². The first-order valence-corrected chi connectivity index (χ1v) is 12.2. The molecule has 0 saturated carbocycles. The van der Waals surface area contributed by atoms with E-state index < -0.39 is 11.7 Å². The predicted octanol–water partition coefficient (Wildman–Crippen LogP) is 3.73. The van der Waals surface area contributed by atoms with Crippen LogP contribution in [0.3, 0.4) is 0 Å². The molecular weight excluding hydrogens is 474 g/mol. The maximum Gasteiger partial charge on any atom is 0.407 e. The molecular formula is C27H37N5O5. The lowest BCUT2D eigenvalue weighted by Gasteiger charge is -2.25. The summed E-state index contributed by atoms with van der Waals surface area (Å²) in [6.45, 7) is 6.52. The number of nitrogens with zero attached hydrogens (tertiary/aromatic N) is 3. The Morgan fingerprint density at radius 3 is 2.38 bits per heavy atom. The second-order valence-corrected chi connectivity index (χ2v) is 9.56. The standard InChI is InChI=1S/C27H37N5O5/c1-27(2,3)37-26(34)29-9-8-18(16-28)25-17-30-23-7-6-19(14-24(23)31-25)32(10-11-33)20-12-21(35-4)15-22(13-20)36-5/h6-7,12-15,17-18,33H,8-11,16,28H2,1-5H3,(H,29,34). The minimum Gasteiger partial charge on any atom is -0.497 e. The van der Waals surface area contributed by atoms with Crippen molar-refractivity contribution >= 4 is 28.5 Å². The molecule has 200 valence electrons. The van der Waals surface area contributed by atoms with Gasteiger partial charge in [-0.15, -0.1) is 0 Å². The summed E-state index contributed by atoms with van der Waals surface area (Å²) in [7, 11) is 3.19. The number of hydrogen-bond donors (Lipinski definition) is 3. The fourth-order valence-electron chi connectivity index (χ4n) is 3.88. The molecule has 0 fully saturated rings. The summed E-state index contributed by atoms with van der Waals surface area (Å²) in [4.78, 5) is 23.3. The smallest absolute Gasteiger partial charge is 0.407 e. The Kier molecular flexibility index (Phi) is 9.48. The second kappa shape index (κ2) is 12.6. The van der Waals surface area contributed by atoms with Crippen molar-refractivity contribution in [3.8, 4) is 11.5 Å². The molecule has 1 atom stereocenters. The zero-order valence-electron chi connectivity index (χ0n) is 22.2. The van der Waals surface area contributed by atoms with Crippen molar-refractivity contribution in [2.24, 2.45) is 5.73 Å². The summed E-state index contributed by atoms with van der Waals surface area (Å²) < 4.78 is 16.1. The van der Waals surface area contributed by atoms with Crippen LogP contribution in [-0.4, -0.2) is 67.2 Å². The van der Waals surface area contributed by atoms with E-state index in [1.54, 1.807) is 26.5 Å². The Labute approximate surface area is 217 Å². The molecule has 0 spiro atoms. The van der Waals surface area contributed by atoms with E-state index >= 15 is 0 Å². The SMILES string of the molecule is COc1cc(OC)cc(N(CCO)c2ccc3ncc(C(CN)CCNC(=O)OC(C)(C)C)nc3c2)c1. The maximum absolute atomic E-state index is 12.0. The lowest BCUT2D eigenvalue weighted by molar-refractivity contribution is 0.0526. The van der Waals surface area contributed by atoms with Gasteiger partial charge in [-0.3, -0.25) is 4.98 Å². The number of aliphatic hydroxyl groups excluding tert-OH is 1. The quantitative estimate of drug-likeness (QED) is 0.352. The maximum atomic E-state index is 12.0. The number of aliphatic hydroxyl groups is 1. The largest absolute Gasteiger partial charge is 0.497 e. The van der Waals surface area contributed by atoms with Crippen LogP contribution in [0, 0.1) is 0 Å². The number of aromatic nitrogens is 2. The molecule has 10 nitrogen and oxygen atoms in total. The average molecular weight is 512 g/mol. The first-order valence-electron chi connectivity index (χ1n) is 12.2. The van der Waals surface area contributed by atoms with Gasteiger partial charge in [0.05, 0.1) is 37.6 Å². The zero-order chi connectivity index (χ0) is 27.0. The molecule has 1 aromatic heterocycles. The molecule has 0 radical (unpaired) electrons. The third-order valence-electron chi connectivity index (χ3n) is 5.69. The number of anilines is 2. The third kappa shape index (κ3) is 7.68. The number of carbonyl (C=O) groups excluding carboxylic acids is 1. The number of alkyl carbamates (subject to hydrolysis) is 1. The Bertz CT molecular complexity index is 1180. The number of rotatable bonds is 11. The van der Waals surface area contributed by atoms with Crippen LogP contribution >= 0.6 is 0 Å². The monoisotopic (exact) mass is 511 g/mol. The number of hydrogen-bond acceptors (Lipinski definition) is 9. The van der Waals surface area contributed by atoms with Crippen LogP contribution in [-0.2, 0) is 4.74 Å². The van der Waals surface area contributed by atoms with Gasteiger partial charge in [-0.1, -0.05) is 0 Å². The van der Waals surface area contributed by atoms with Gasteiger partial charge in [-0.05, 0) is 45.4 Å². The molecule has 0 saturated heterocycles. The lowest BCUT2D eigenvalue weighted by atomic mass is 10.0. The topological polar surface area (TPSA) is 132 Å². The van der Waals surface area contributed by atoms with Gasteiger partial charge in [0, 0.05) is 61.3 Å². The fraction of sp³-hybridized carbons (Fsp3) is 0.444. The average Bonchev–Trinajstić information content (AvgIpc) is 2.87. The summed E-state index contributed by atoms with van der Waals surface area (Å²) in [5.74, 6) is 1.20. The molecule has 2 aromatic carbocycles. The molecule has 0 bridgehead atoms.